The maximum atomic E-state index is 14.6. The lowest BCUT2D eigenvalue weighted by Crippen LogP contribution is -2.23. The number of fused-ring (bicyclic) bond motifs is 1. The van der Waals surface area contributed by atoms with Crippen molar-refractivity contribution in [2.24, 2.45) is 4.99 Å². The number of nitrogens with one attached hydrogen (secondary N) is 1. The normalized spacial score (nSPS) is 12.1. The van der Waals surface area contributed by atoms with E-state index in [2.05, 4.69) is 9.71 Å². The predicted octanol–water partition coefficient (Wildman–Crippen LogP) is 4.39. The van der Waals surface area contributed by atoms with Gasteiger partial charge in [0, 0.05) is 6.07 Å². The average Bonchev–Trinajstić information content (AvgIpc) is 3.16. The summed E-state index contributed by atoms with van der Waals surface area (Å²) in [5.41, 5.74) is 0.667. The van der Waals surface area contributed by atoms with Crippen molar-refractivity contribution in [2.75, 3.05) is 11.3 Å². The van der Waals surface area contributed by atoms with Crippen molar-refractivity contribution in [3.8, 4) is 0 Å². The fraction of sp³-hybridized carbons (Fsp3) is 0.160. The van der Waals surface area contributed by atoms with Crippen LogP contribution in [0.25, 0.3) is 10.2 Å². The van der Waals surface area contributed by atoms with Crippen LogP contribution >= 0.6 is 11.3 Å². The summed E-state index contributed by atoms with van der Waals surface area (Å²) in [7, 11) is -4.02. The van der Waals surface area contributed by atoms with Gasteiger partial charge in [0.1, 0.15) is 12.4 Å². The lowest BCUT2D eigenvalue weighted by atomic mass is 10.2. The molecule has 8 nitrogen and oxygen atoms in total. The number of hydrogen-bond acceptors (Lipinski definition) is 6. The van der Waals surface area contributed by atoms with E-state index in [0.29, 0.717) is 6.07 Å². The van der Waals surface area contributed by atoms with Gasteiger partial charge >= 0.3 is 5.97 Å². The fourth-order valence-corrected chi connectivity index (χ4v) is 5.67. The summed E-state index contributed by atoms with van der Waals surface area (Å²) < 4.78 is 62.8. The van der Waals surface area contributed by atoms with Gasteiger partial charge in [0.05, 0.1) is 33.0 Å². The number of aryl methyl sites for hydroxylation is 1. The molecule has 0 atom stereocenters. The van der Waals surface area contributed by atoms with Gasteiger partial charge < -0.3 is 9.30 Å². The molecule has 0 radical (unpaired) electrons. The number of benzene rings is 3. The molecule has 1 N–H and O–H groups in total. The van der Waals surface area contributed by atoms with E-state index in [1.54, 1.807) is 25.1 Å². The summed E-state index contributed by atoms with van der Waals surface area (Å²) >= 11 is 0.802. The molecule has 37 heavy (non-hydrogen) atoms. The Balaban J connectivity index is 1.78. The van der Waals surface area contributed by atoms with E-state index >= 15 is 0 Å². The van der Waals surface area contributed by atoms with Crippen LogP contribution in [0.2, 0.25) is 0 Å². The molecule has 4 aromatic rings. The zero-order chi connectivity index (χ0) is 26.7. The van der Waals surface area contributed by atoms with E-state index in [1.807, 2.05) is 6.92 Å². The summed E-state index contributed by atoms with van der Waals surface area (Å²) in [5, 5.41) is 0. The number of para-hydroxylation sites is 1. The van der Waals surface area contributed by atoms with Crippen molar-refractivity contribution in [3.63, 3.8) is 0 Å². The van der Waals surface area contributed by atoms with Crippen molar-refractivity contribution in [2.45, 2.75) is 25.3 Å². The van der Waals surface area contributed by atoms with Crippen LogP contribution in [-0.4, -0.2) is 31.5 Å². The van der Waals surface area contributed by atoms with Crippen molar-refractivity contribution in [1.29, 1.82) is 0 Å². The zero-order valence-corrected chi connectivity index (χ0v) is 21.3. The lowest BCUT2D eigenvalue weighted by molar-refractivity contribution is -0.143. The number of rotatable bonds is 7. The molecule has 0 unspecified atom stereocenters. The number of nitrogens with zero attached hydrogens (tertiary/aromatic N) is 2. The zero-order valence-electron chi connectivity index (χ0n) is 19.7. The molecule has 0 aliphatic carbocycles. The third-order valence-electron chi connectivity index (χ3n) is 5.22. The Morgan fingerprint density at radius 2 is 1.78 bits per heavy atom. The highest BCUT2D eigenvalue weighted by molar-refractivity contribution is 7.92. The van der Waals surface area contributed by atoms with Gasteiger partial charge in [0.15, 0.2) is 10.6 Å². The number of ether oxygens (including phenoxy) is 1. The average molecular weight is 546 g/mol. The minimum absolute atomic E-state index is 0.00609. The number of thiazole rings is 1. The van der Waals surface area contributed by atoms with E-state index in [1.165, 1.54) is 30.3 Å². The number of hydrogen-bond donors (Lipinski definition) is 1. The van der Waals surface area contributed by atoms with Crippen molar-refractivity contribution >= 4 is 49.1 Å². The largest absolute Gasteiger partial charge is 0.465 e. The molecule has 0 fully saturated rings. The topological polar surface area (TPSA) is 107 Å². The molecule has 1 aromatic heterocycles. The first-order chi connectivity index (χ1) is 17.6. The Hall–Kier alpha value is -3.90. The van der Waals surface area contributed by atoms with Gasteiger partial charge in [-0.05, 0) is 44.2 Å². The molecule has 0 spiro atoms. The van der Waals surface area contributed by atoms with E-state index in [4.69, 9.17) is 4.74 Å². The first kappa shape index (κ1) is 26.2. The standard InChI is InChI=1S/C25H21F2N3O5S2/c1-3-35-22(31)14-30-23-19(27)12-16(26)13-21(23)36-25(30)28-24(32)18-6-4-5-7-20(18)29-37(33,34)17-10-8-15(2)9-11-17/h4-13,29H,3,14H2,1-2H3. The van der Waals surface area contributed by atoms with E-state index < -0.39 is 40.1 Å². The Labute approximate surface area is 214 Å². The van der Waals surface area contributed by atoms with Gasteiger partial charge in [-0.2, -0.15) is 4.99 Å². The maximum Gasteiger partial charge on any atom is 0.326 e. The highest BCUT2D eigenvalue weighted by Gasteiger charge is 2.20. The SMILES string of the molecule is CCOC(=O)Cn1c(=NC(=O)c2ccccc2NS(=O)(=O)c2ccc(C)cc2)sc2cc(F)cc(F)c21. The van der Waals surface area contributed by atoms with Gasteiger partial charge in [0.2, 0.25) is 0 Å². The van der Waals surface area contributed by atoms with Crippen LogP contribution < -0.4 is 9.52 Å². The molecule has 12 heteroatoms. The van der Waals surface area contributed by atoms with Crippen LogP contribution in [0.15, 0.2) is 70.6 Å². The number of aromatic nitrogens is 1. The smallest absolute Gasteiger partial charge is 0.326 e. The lowest BCUT2D eigenvalue weighted by Gasteiger charge is -2.11. The Morgan fingerprint density at radius 1 is 1.08 bits per heavy atom. The van der Waals surface area contributed by atoms with Crippen LogP contribution in [0.1, 0.15) is 22.8 Å². The van der Waals surface area contributed by atoms with Crippen LogP contribution in [-0.2, 0) is 26.1 Å². The summed E-state index contributed by atoms with van der Waals surface area (Å²) in [6, 6.07) is 13.8. The van der Waals surface area contributed by atoms with Gasteiger partial charge in [-0.15, -0.1) is 0 Å². The van der Waals surface area contributed by atoms with Crippen LogP contribution in [0, 0.1) is 18.6 Å². The molecule has 0 saturated carbocycles. The first-order valence-corrected chi connectivity index (χ1v) is 13.3. The van der Waals surface area contributed by atoms with Gasteiger partial charge in [-0.1, -0.05) is 41.2 Å². The minimum atomic E-state index is -4.02. The molecule has 0 aliphatic rings. The van der Waals surface area contributed by atoms with Crippen molar-refractivity contribution in [1.82, 2.24) is 4.57 Å². The number of sulfonamides is 1. The molecular formula is C25H21F2N3O5S2. The first-order valence-electron chi connectivity index (χ1n) is 11.0. The summed E-state index contributed by atoms with van der Waals surface area (Å²) in [5.74, 6) is -3.32. The highest BCUT2D eigenvalue weighted by Crippen LogP contribution is 2.24. The van der Waals surface area contributed by atoms with Crippen LogP contribution in [0.3, 0.4) is 0 Å². The van der Waals surface area contributed by atoms with E-state index in [0.717, 1.165) is 27.5 Å². The van der Waals surface area contributed by atoms with Gasteiger partial charge in [-0.3, -0.25) is 14.3 Å². The van der Waals surface area contributed by atoms with Crippen molar-refractivity contribution < 1.29 is 31.5 Å². The predicted molar refractivity (Wildman–Crippen MR) is 135 cm³/mol. The monoisotopic (exact) mass is 545 g/mol. The molecule has 0 saturated heterocycles. The fourth-order valence-electron chi connectivity index (χ4n) is 3.52. The van der Waals surface area contributed by atoms with Crippen LogP contribution in [0.5, 0.6) is 0 Å². The van der Waals surface area contributed by atoms with Gasteiger partial charge in [0.25, 0.3) is 15.9 Å². The molecule has 4 rings (SSSR count). The molecule has 1 amide bonds. The summed E-state index contributed by atoms with van der Waals surface area (Å²) in [4.78, 5) is 29.3. The maximum absolute atomic E-state index is 14.6. The third-order valence-corrected chi connectivity index (χ3v) is 7.62. The van der Waals surface area contributed by atoms with E-state index in [9.17, 15) is 26.8 Å². The number of anilines is 1. The van der Waals surface area contributed by atoms with Crippen molar-refractivity contribution in [3.05, 3.63) is 88.2 Å². The second-order valence-electron chi connectivity index (χ2n) is 7.89. The summed E-state index contributed by atoms with van der Waals surface area (Å²) in [6.07, 6.45) is 0. The Morgan fingerprint density at radius 3 is 2.49 bits per heavy atom. The second-order valence-corrected chi connectivity index (χ2v) is 10.6. The highest BCUT2D eigenvalue weighted by atomic mass is 32.2. The number of amides is 1. The minimum Gasteiger partial charge on any atom is -0.465 e. The third kappa shape index (κ3) is 5.75. The number of halogens is 2. The molecule has 0 bridgehead atoms. The molecule has 192 valence electrons. The Bertz CT molecular complexity index is 1680. The second kappa shape index (κ2) is 10.6. The molecule has 0 aliphatic heterocycles. The number of esters is 1. The van der Waals surface area contributed by atoms with E-state index in [-0.39, 0.29) is 37.8 Å². The van der Waals surface area contributed by atoms with Gasteiger partial charge in [-0.25, -0.2) is 17.2 Å². The summed E-state index contributed by atoms with van der Waals surface area (Å²) in [6.45, 7) is 3.04. The molecule has 1 heterocycles. The van der Waals surface area contributed by atoms with Crippen LogP contribution in [0.4, 0.5) is 14.5 Å². The number of carbonyl (C=O) groups excluding carboxylic acids is 2. The molecule has 3 aromatic carbocycles. The molecular weight excluding hydrogens is 524 g/mol. The number of carbonyl (C=O) groups is 2. The quantitative estimate of drug-likeness (QED) is 0.347. The Kier molecular flexibility index (Phi) is 7.50.